The topological polar surface area (TPSA) is 117 Å². The molecule has 1 unspecified atom stereocenters. The van der Waals surface area contributed by atoms with Crippen LogP contribution in [0.4, 0.5) is 20.6 Å². The van der Waals surface area contributed by atoms with E-state index in [0.29, 0.717) is 22.4 Å². The molecule has 184 valence electrons. The summed E-state index contributed by atoms with van der Waals surface area (Å²) < 4.78 is 19.9. The summed E-state index contributed by atoms with van der Waals surface area (Å²) in [6.07, 6.45) is -0.213. The smallest absolute Gasteiger partial charge is 0.412 e. The van der Waals surface area contributed by atoms with Gasteiger partial charge in [-0.05, 0) is 51.5 Å². The Morgan fingerprint density at radius 1 is 1.20 bits per heavy atom. The second-order valence-corrected chi connectivity index (χ2v) is 9.52. The van der Waals surface area contributed by atoms with E-state index in [4.69, 9.17) is 4.74 Å². The molecule has 1 fully saturated rings. The van der Waals surface area contributed by atoms with E-state index in [9.17, 15) is 23.6 Å². The molecular formula is C25H27FN4O5. The van der Waals surface area contributed by atoms with Gasteiger partial charge in [-0.15, -0.1) is 0 Å². The van der Waals surface area contributed by atoms with Crippen LogP contribution in [0.3, 0.4) is 0 Å². The molecule has 2 aliphatic rings. The maximum atomic E-state index is 14.7. The van der Waals surface area contributed by atoms with Gasteiger partial charge in [-0.1, -0.05) is 12.1 Å². The summed E-state index contributed by atoms with van der Waals surface area (Å²) in [6.45, 7) is 5.56. The van der Waals surface area contributed by atoms with Crippen molar-refractivity contribution < 1.29 is 28.3 Å². The highest BCUT2D eigenvalue weighted by Crippen LogP contribution is 2.32. The SMILES string of the molecule is CC(C)(C)OC(=O)Nc1ccc(CNc2cccc3c2CN(C2CCC(=O)NC2=O)C3=O)c(F)c1. The van der Waals surface area contributed by atoms with Gasteiger partial charge in [-0.25, -0.2) is 9.18 Å². The van der Waals surface area contributed by atoms with Gasteiger partial charge in [0.1, 0.15) is 17.5 Å². The Labute approximate surface area is 202 Å². The van der Waals surface area contributed by atoms with Crippen molar-refractivity contribution in [3.8, 4) is 0 Å². The van der Waals surface area contributed by atoms with Crippen LogP contribution < -0.4 is 16.0 Å². The molecule has 2 aromatic carbocycles. The van der Waals surface area contributed by atoms with Crippen LogP contribution in [0, 0.1) is 5.82 Å². The predicted molar refractivity (Wildman–Crippen MR) is 126 cm³/mol. The molecule has 2 heterocycles. The van der Waals surface area contributed by atoms with Gasteiger partial charge < -0.3 is 15.0 Å². The van der Waals surface area contributed by atoms with Crippen LogP contribution in [0.1, 0.15) is 55.1 Å². The van der Waals surface area contributed by atoms with Crippen LogP contribution in [0.5, 0.6) is 0 Å². The molecular weight excluding hydrogens is 455 g/mol. The van der Waals surface area contributed by atoms with Crippen molar-refractivity contribution in [2.24, 2.45) is 0 Å². The number of nitrogens with zero attached hydrogens (tertiary/aromatic N) is 1. The van der Waals surface area contributed by atoms with Crippen LogP contribution in [-0.2, 0) is 27.4 Å². The van der Waals surface area contributed by atoms with Gasteiger partial charge in [0.25, 0.3) is 5.91 Å². The van der Waals surface area contributed by atoms with Gasteiger partial charge in [-0.2, -0.15) is 0 Å². The average Bonchev–Trinajstić information content (AvgIpc) is 3.09. The van der Waals surface area contributed by atoms with Crippen molar-refractivity contribution in [1.82, 2.24) is 10.2 Å². The first-order chi connectivity index (χ1) is 16.5. The molecule has 3 N–H and O–H groups in total. The van der Waals surface area contributed by atoms with E-state index >= 15 is 0 Å². The van der Waals surface area contributed by atoms with E-state index in [1.165, 1.54) is 11.0 Å². The number of carbonyl (C=O) groups excluding carboxylic acids is 4. The second kappa shape index (κ2) is 9.36. The number of amides is 4. The minimum atomic E-state index is -0.706. The first kappa shape index (κ1) is 24.2. The van der Waals surface area contributed by atoms with E-state index in [-0.39, 0.29) is 43.4 Å². The van der Waals surface area contributed by atoms with Crippen molar-refractivity contribution >= 4 is 35.2 Å². The Kier molecular flexibility index (Phi) is 6.47. The summed E-state index contributed by atoms with van der Waals surface area (Å²) in [5, 5.41) is 7.96. The standard InChI is InChI=1S/C25H27FN4O5/c1-25(2,3)35-24(34)28-15-8-7-14(18(26)11-15)12-27-19-6-4-5-16-17(19)13-30(23(16)33)20-9-10-21(31)29-22(20)32/h4-8,11,20,27H,9-10,12-13H2,1-3H3,(H,28,34)(H,29,31,32). The monoisotopic (exact) mass is 482 g/mol. The number of imide groups is 1. The van der Waals surface area contributed by atoms with Crippen molar-refractivity contribution in [3.63, 3.8) is 0 Å². The highest BCUT2D eigenvalue weighted by Gasteiger charge is 2.39. The molecule has 1 atom stereocenters. The zero-order valence-corrected chi connectivity index (χ0v) is 19.7. The maximum absolute atomic E-state index is 14.7. The molecule has 0 spiro atoms. The molecule has 9 nitrogen and oxygen atoms in total. The number of carbonyl (C=O) groups is 4. The number of benzene rings is 2. The van der Waals surface area contributed by atoms with Gasteiger partial charge >= 0.3 is 6.09 Å². The molecule has 4 amide bonds. The Hall–Kier alpha value is -3.95. The Bertz CT molecular complexity index is 1210. The third-order valence-corrected chi connectivity index (χ3v) is 5.75. The number of ether oxygens (including phenoxy) is 1. The number of fused-ring (bicyclic) bond motifs is 1. The summed E-state index contributed by atoms with van der Waals surface area (Å²) >= 11 is 0. The minimum Gasteiger partial charge on any atom is -0.444 e. The Balaban J connectivity index is 1.43. The van der Waals surface area contributed by atoms with E-state index in [1.807, 2.05) is 0 Å². The molecule has 4 rings (SSSR count). The van der Waals surface area contributed by atoms with Crippen LogP contribution in [0.2, 0.25) is 0 Å². The average molecular weight is 483 g/mol. The highest BCUT2D eigenvalue weighted by molar-refractivity contribution is 6.06. The fourth-order valence-corrected chi connectivity index (χ4v) is 4.13. The zero-order chi connectivity index (χ0) is 25.3. The van der Waals surface area contributed by atoms with E-state index in [2.05, 4.69) is 16.0 Å². The van der Waals surface area contributed by atoms with Gasteiger partial charge in [0, 0.05) is 47.6 Å². The van der Waals surface area contributed by atoms with Gasteiger partial charge in [0.05, 0.1) is 0 Å². The number of rotatable bonds is 5. The number of hydrogen-bond donors (Lipinski definition) is 3. The number of anilines is 2. The van der Waals surface area contributed by atoms with Crippen LogP contribution in [0.15, 0.2) is 36.4 Å². The fourth-order valence-electron chi connectivity index (χ4n) is 4.13. The minimum absolute atomic E-state index is 0.140. The largest absolute Gasteiger partial charge is 0.444 e. The van der Waals surface area contributed by atoms with Crippen molar-refractivity contribution in [2.45, 2.75) is 58.3 Å². The predicted octanol–water partition coefficient (Wildman–Crippen LogP) is 3.55. The first-order valence-corrected chi connectivity index (χ1v) is 11.3. The van der Waals surface area contributed by atoms with E-state index in [0.717, 1.165) is 0 Å². The molecule has 0 saturated carbocycles. The Morgan fingerprint density at radius 2 is 1.97 bits per heavy atom. The third-order valence-electron chi connectivity index (χ3n) is 5.75. The van der Waals surface area contributed by atoms with Gasteiger partial charge in [0.15, 0.2) is 0 Å². The fraction of sp³-hybridized carbons (Fsp3) is 0.360. The maximum Gasteiger partial charge on any atom is 0.412 e. The lowest BCUT2D eigenvalue weighted by molar-refractivity contribution is -0.136. The molecule has 2 aliphatic heterocycles. The molecule has 2 aromatic rings. The quantitative estimate of drug-likeness (QED) is 0.562. The highest BCUT2D eigenvalue weighted by atomic mass is 19.1. The van der Waals surface area contributed by atoms with Crippen molar-refractivity contribution in [3.05, 3.63) is 58.9 Å². The lowest BCUT2D eigenvalue weighted by atomic mass is 10.0. The second-order valence-electron chi connectivity index (χ2n) is 9.52. The van der Waals surface area contributed by atoms with Gasteiger partial charge in [0.2, 0.25) is 11.8 Å². The van der Waals surface area contributed by atoms with Crippen molar-refractivity contribution in [2.75, 3.05) is 10.6 Å². The number of nitrogens with one attached hydrogen (secondary N) is 3. The van der Waals surface area contributed by atoms with Crippen LogP contribution in [0.25, 0.3) is 0 Å². The van der Waals surface area contributed by atoms with E-state index < -0.39 is 29.5 Å². The van der Waals surface area contributed by atoms with Crippen molar-refractivity contribution in [1.29, 1.82) is 0 Å². The summed E-state index contributed by atoms with van der Waals surface area (Å²) in [6, 6.07) is 8.83. The number of hydrogen-bond acceptors (Lipinski definition) is 6. The summed E-state index contributed by atoms with van der Waals surface area (Å²) in [4.78, 5) is 50.0. The van der Waals surface area contributed by atoms with Crippen LogP contribution >= 0.6 is 0 Å². The first-order valence-electron chi connectivity index (χ1n) is 11.3. The number of piperidine rings is 1. The molecule has 0 bridgehead atoms. The van der Waals surface area contributed by atoms with Crippen LogP contribution in [-0.4, -0.2) is 40.4 Å². The molecule has 0 aliphatic carbocycles. The lowest BCUT2D eigenvalue weighted by Gasteiger charge is -2.29. The van der Waals surface area contributed by atoms with E-state index in [1.54, 1.807) is 51.1 Å². The molecule has 10 heteroatoms. The molecule has 0 aromatic heterocycles. The third kappa shape index (κ3) is 5.42. The summed E-state index contributed by atoms with van der Waals surface area (Å²) in [5.41, 5.74) is 1.80. The molecule has 35 heavy (non-hydrogen) atoms. The normalized spacial score (nSPS) is 17.7. The lowest BCUT2D eigenvalue weighted by Crippen LogP contribution is -2.52. The Morgan fingerprint density at radius 3 is 2.66 bits per heavy atom. The van der Waals surface area contributed by atoms with Gasteiger partial charge in [-0.3, -0.25) is 25.0 Å². The zero-order valence-electron chi connectivity index (χ0n) is 19.7. The number of halogens is 1. The molecule has 0 radical (unpaired) electrons. The summed E-state index contributed by atoms with van der Waals surface area (Å²) in [7, 11) is 0. The summed E-state index contributed by atoms with van der Waals surface area (Å²) in [5.74, 6) is -1.60. The molecule has 1 saturated heterocycles.